The lowest BCUT2D eigenvalue weighted by Gasteiger charge is -2.25. The summed E-state index contributed by atoms with van der Waals surface area (Å²) >= 11 is 0. The van der Waals surface area contributed by atoms with E-state index < -0.39 is 5.60 Å². The van der Waals surface area contributed by atoms with Crippen LogP contribution >= 0.6 is 0 Å². The standard InChI is InChI=1S/C18H35N3O2/c1-5-10-20-11-6-7-15(8-12-20)19-16-9-13-21(14-16)17(22)23-18(2,3)4/h15-16,19H,5-14H2,1-4H3. The van der Waals surface area contributed by atoms with Gasteiger partial charge in [0.2, 0.25) is 0 Å². The quantitative estimate of drug-likeness (QED) is 0.863. The van der Waals surface area contributed by atoms with Crippen LogP contribution in [0.2, 0.25) is 0 Å². The minimum Gasteiger partial charge on any atom is -0.444 e. The highest BCUT2D eigenvalue weighted by Gasteiger charge is 2.31. The summed E-state index contributed by atoms with van der Waals surface area (Å²) in [6, 6.07) is 1.02. The van der Waals surface area contributed by atoms with Gasteiger partial charge in [0.05, 0.1) is 0 Å². The molecular weight excluding hydrogens is 290 g/mol. The van der Waals surface area contributed by atoms with E-state index in [0.29, 0.717) is 12.1 Å². The summed E-state index contributed by atoms with van der Waals surface area (Å²) < 4.78 is 5.47. The molecule has 0 saturated carbocycles. The van der Waals surface area contributed by atoms with Crippen molar-refractivity contribution in [3.05, 3.63) is 0 Å². The lowest BCUT2D eigenvalue weighted by Crippen LogP contribution is -2.42. The molecular formula is C18H35N3O2. The molecule has 23 heavy (non-hydrogen) atoms. The summed E-state index contributed by atoms with van der Waals surface area (Å²) in [7, 11) is 0. The first kappa shape index (κ1) is 18.5. The summed E-state index contributed by atoms with van der Waals surface area (Å²) in [5.74, 6) is 0. The maximum Gasteiger partial charge on any atom is 0.410 e. The summed E-state index contributed by atoms with van der Waals surface area (Å²) in [5, 5.41) is 3.79. The van der Waals surface area contributed by atoms with Crippen LogP contribution in [0.3, 0.4) is 0 Å². The number of hydrogen-bond donors (Lipinski definition) is 1. The number of hydrogen-bond acceptors (Lipinski definition) is 4. The number of likely N-dealkylation sites (tertiary alicyclic amines) is 2. The molecule has 0 aromatic rings. The van der Waals surface area contributed by atoms with Crippen LogP contribution in [0.1, 0.15) is 59.8 Å². The molecule has 2 heterocycles. The summed E-state index contributed by atoms with van der Waals surface area (Å²) in [6.45, 7) is 13.3. The average Bonchev–Trinajstić information content (AvgIpc) is 2.80. The Labute approximate surface area is 141 Å². The Kier molecular flexibility index (Phi) is 6.72. The molecule has 2 rings (SSSR count). The van der Waals surface area contributed by atoms with Gasteiger partial charge in [-0.25, -0.2) is 4.79 Å². The number of rotatable bonds is 4. The zero-order valence-corrected chi connectivity index (χ0v) is 15.4. The highest BCUT2D eigenvalue weighted by molar-refractivity contribution is 5.68. The van der Waals surface area contributed by atoms with Crippen LogP contribution in [0.4, 0.5) is 4.79 Å². The zero-order valence-electron chi connectivity index (χ0n) is 15.4. The molecule has 5 heteroatoms. The second-order valence-electron chi connectivity index (χ2n) is 8.05. The third kappa shape index (κ3) is 6.30. The molecule has 0 aromatic heterocycles. The number of carbonyl (C=O) groups excluding carboxylic acids is 1. The van der Waals surface area contributed by atoms with E-state index in [4.69, 9.17) is 4.74 Å². The molecule has 2 unspecified atom stereocenters. The number of nitrogens with one attached hydrogen (secondary N) is 1. The summed E-state index contributed by atoms with van der Waals surface area (Å²) in [5.41, 5.74) is -0.410. The molecule has 0 radical (unpaired) electrons. The minimum absolute atomic E-state index is 0.170. The normalized spacial score (nSPS) is 27.0. The Hall–Kier alpha value is -0.810. The molecule has 0 aliphatic carbocycles. The van der Waals surface area contributed by atoms with E-state index >= 15 is 0 Å². The monoisotopic (exact) mass is 325 g/mol. The molecule has 2 aliphatic heterocycles. The van der Waals surface area contributed by atoms with Crippen molar-refractivity contribution in [1.29, 1.82) is 0 Å². The molecule has 0 spiro atoms. The number of nitrogens with zero attached hydrogens (tertiary/aromatic N) is 2. The molecule has 5 nitrogen and oxygen atoms in total. The Morgan fingerprint density at radius 2 is 1.87 bits per heavy atom. The molecule has 2 saturated heterocycles. The van der Waals surface area contributed by atoms with Gasteiger partial charge in [0.15, 0.2) is 0 Å². The maximum absolute atomic E-state index is 12.1. The minimum atomic E-state index is -0.410. The molecule has 0 bridgehead atoms. The average molecular weight is 325 g/mol. The fraction of sp³-hybridized carbons (Fsp3) is 0.944. The Morgan fingerprint density at radius 1 is 1.13 bits per heavy atom. The second-order valence-corrected chi connectivity index (χ2v) is 8.05. The van der Waals surface area contributed by atoms with Crippen molar-refractivity contribution in [2.75, 3.05) is 32.7 Å². The number of ether oxygens (including phenoxy) is 1. The fourth-order valence-electron chi connectivity index (χ4n) is 3.58. The first-order chi connectivity index (χ1) is 10.9. The van der Waals surface area contributed by atoms with Gasteiger partial charge >= 0.3 is 6.09 Å². The summed E-state index contributed by atoms with van der Waals surface area (Å²) in [6.07, 6.45) is 5.86. The van der Waals surface area contributed by atoms with Crippen LogP contribution in [0.15, 0.2) is 0 Å². The van der Waals surface area contributed by atoms with Crippen LogP contribution < -0.4 is 5.32 Å². The third-order valence-electron chi connectivity index (χ3n) is 4.67. The Morgan fingerprint density at radius 3 is 2.57 bits per heavy atom. The van der Waals surface area contributed by atoms with Crippen molar-refractivity contribution < 1.29 is 9.53 Å². The van der Waals surface area contributed by atoms with E-state index in [1.807, 2.05) is 25.7 Å². The van der Waals surface area contributed by atoms with Crippen molar-refractivity contribution in [2.24, 2.45) is 0 Å². The van der Waals surface area contributed by atoms with Crippen LogP contribution in [0.5, 0.6) is 0 Å². The van der Waals surface area contributed by atoms with Gasteiger partial charge in [-0.05, 0) is 72.5 Å². The predicted molar refractivity (Wildman–Crippen MR) is 93.7 cm³/mol. The largest absolute Gasteiger partial charge is 0.444 e. The van der Waals surface area contributed by atoms with Gasteiger partial charge < -0.3 is 19.9 Å². The topological polar surface area (TPSA) is 44.8 Å². The van der Waals surface area contributed by atoms with Gasteiger partial charge in [-0.1, -0.05) is 6.92 Å². The first-order valence-electron chi connectivity index (χ1n) is 9.33. The molecule has 134 valence electrons. The van der Waals surface area contributed by atoms with Gasteiger partial charge in [0.25, 0.3) is 0 Å². The second kappa shape index (κ2) is 8.34. The highest BCUT2D eigenvalue weighted by atomic mass is 16.6. The van der Waals surface area contributed by atoms with Crippen molar-refractivity contribution in [3.63, 3.8) is 0 Å². The van der Waals surface area contributed by atoms with E-state index in [2.05, 4.69) is 17.1 Å². The maximum atomic E-state index is 12.1. The number of carbonyl (C=O) groups is 1. The lowest BCUT2D eigenvalue weighted by molar-refractivity contribution is 0.0290. The third-order valence-corrected chi connectivity index (χ3v) is 4.67. The van der Waals surface area contributed by atoms with E-state index in [1.165, 1.54) is 45.3 Å². The van der Waals surface area contributed by atoms with E-state index in [-0.39, 0.29) is 6.09 Å². The van der Waals surface area contributed by atoms with Gasteiger partial charge in [0.1, 0.15) is 5.60 Å². The fourth-order valence-corrected chi connectivity index (χ4v) is 3.58. The van der Waals surface area contributed by atoms with Crippen molar-refractivity contribution >= 4 is 6.09 Å². The van der Waals surface area contributed by atoms with E-state index in [0.717, 1.165) is 19.5 Å². The summed E-state index contributed by atoms with van der Waals surface area (Å²) in [4.78, 5) is 16.6. The van der Waals surface area contributed by atoms with E-state index in [1.54, 1.807) is 0 Å². The first-order valence-corrected chi connectivity index (χ1v) is 9.33. The lowest BCUT2D eigenvalue weighted by atomic mass is 10.1. The Balaban J connectivity index is 1.74. The zero-order chi connectivity index (χ0) is 16.9. The highest BCUT2D eigenvalue weighted by Crippen LogP contribution is 2.18. The van der Waals surface area contributed by atoms with E-state index in [9.17, 15) is 4.79 Å². The van der Waals surface area contributed by atoms with Crippen LogP contribution in [-0.2, 0) is 4.74 Å². The molecule has 1 N–H and O–H groups in total. The van der Waals surface area contributed by atoms with Gasteiger partial charge in [-0.2, -0.15) is 0 Å². The molecule has 2 aliphatic rings. The van der Waals surface area contributed by atoms with Gasteiger partial charge in [-0.3, -0.25) is 0 Å². The molecule has 1 amide bonds. The SMILES string of the molecule is CCCN1CCCC(NC2CCN(C(=O)OC(C)(C)C)C2)CC1. The molecule has 0 aromatic carbocycles. The van der Waals surface area contributed by atoms with Gasteiger partial charge in [0, 0.05) is 25.2 Å². The van der Waals surface area contributed by atoms with Crippen molar-refractivity contribution in [1.82, 2.24) is 15.1 Å². The van der Waals surface area contributed by atoms with Gasteiger partial charge in [-0.15, -0.1) is 0 Å². The van der Waals surface area contributed by atoms with Crippen molar-refractivity contribution in [2.45, 2.75) is 77.5 Å². The van der Waals surface area contributed by atoms with Crippen LogP contribution in [0, 0.1) is 0 Å². The molecule has 2 atom stereocenters. The Bertz CT molecular complexity index is 381. The smallest absolute Gasteiger partial charge is 0.410 e. The molecule has 2 fully saturated rings. The van der Waals surface area contributed by atoms with Crippen molar-refractivity contribution in [3.8, 4) is 0 Å². The van der Waals surface area contributed by atoms with Crippen LogP contribution in [0.25, 0.3) is 0 Å². The number of amides is 1. The van der Waals surface area contributed by atoms with Crippen LogP contribution in [-0.4, -0.2) is 66.3 Å². The predicted octanol–water partition coefficient (Wildman–Crippen LogP) is 2.85.